The van der Waals surface area contributed by atoms with E-state index >= 15 is 0 Å². The summed E-state index contributed by atoms with van der Waals surface area (Å²) in [4.78, 5) is 6.70. The van der Waals surface area contributed by atoms with Gasteiger partial charge < -0.3 is 9.84 Å². The zero-order chi connectivity index (χ0) is 19.2. The summed E-state index contributed by atoms with van der Waals surface area (Å²) in [5, 5.41) is 11.9. The minimum Gasteiger partial charge on any atom is -0.497 e. The van der Waals surface area contributed by atoms with Crippen molar-refractivity contribution < 1.29 is 14.0 Å². The summed E-state index contributed by atoms with van der Waals surface area (Å²) in [7, 11) is -2.51. The zero-order valence-electron chi connectivity index (χ0n) is 16.6. The molecule has 0 saturated carbocycles. The van der Waals surface area contributed by atoms with Crippen molar-refractivity contribution in [2.75, 3.05) is 20.1 Å². The molecule has 1 aromatic carbocycles. The topological polar surface area (TPSA) is 45.6 Å². The molecular weight excluding hydrogens is 300 g/mol. The highest BCUT2D eigenvalue weighted by atomic mass is 16.5. The number of benzene rings is 1. The Bertz CT molecular complexity index is 855. The van der Waals surface area contributed by atoms with Crippen LogP contribution in [0.1, 0.15) is 28.6 Å². The first-order chi connectivity index (χ1) is 12.9. The third kappa shape index (κ3) is 2.50. The maximum absolute atomic E-state index is 11.2. The maximum Gasteiger partial charge on any atom is 0.119 e. The normalized spacial score (nSPS) is 32.6. The molecule has 1 N–H and O–H groups in total. The van der Waals surface area contributed by atoms with Gasteiger partial charge >= 0.3 is 0 Å². The lowest BCUT2D eigenvalue weighted by Gasteiger charge is -2.50. The van der Waals surface area contributed by atoms with Gasteiger partial charge in [0, 0.05) is 24.2 Å². The highest BCUT2D eigenvalue weighted by Crippen LogP contribution is 2.42. The number of methoxy groups -OCH3 is 1. The van der Waals surface area contributed by atoms with Gasteiger partial charge in [-0.3, -0.25) is 9.88 Å². The van der Waals surface area contributed by atoms with E-state index in [0.717, 1.165) is 36.9 Å². The van der Waals surface area contributed by atoms with Gasteiger partial charge in [-0.2, -0.15) is 0 Å². The quantitative estimate of drug-likeness (QED) is 0.876. The molecule has 0 aliphatic carbocycles. The Morgan fingerprint density at radius 3 is 3.17 bits per heavy atom. The largest absolute Gasteiger partial charge is 0.497 e. The summed E-state index contributed by atoms with van der Waals surface area (Å²) >= 11 is 0. The van der Waals surface area contributed by atoms with Gasteiger partial charge in [-0.1, -0.05) is 6.08 Å². The molecule has 5 rings (SSSR count). The van der Waals surface area contributed by atoms with Crippen LogP contribution in [0, 0.1) is 11.8 Å². The molecule has 3 aliphatic rings. The summed E-state index contributed by atoms with van der Waals surface area (Å²) in [6, 6.07) is 6.86. The Morgan fingerprint density at radius 1 is 1.50 bits per heavy atom. The summed E-state index contributed by atoms with van der Waals surface area (Å²) in [5.41, 5.74) is 1.48. The molecule has 4 heteroatoms. The van der Waals surface area contributed by atoms with E-state index in [2.05, 4.69) is 16.5 Å². The number of hydrogen-bond donors (Lipinski definition) is 1. The van der Waals surface area contributed by atoms with Crippen LogP contribution in [0.15, 0.2) is 43.1 Å². The fourth-order valence-electron chi connectivity index (χ4n) is 4.38. The average Bonchev–Trinajstić information content (AvgIpc) is 2.65. The summed E-state index contributed by atoms with van der Waals surface area (Å²) < 4.78 is 26.9. The van der Waals surface area contributed by atoms with Crippen LogP contribution >= 0.6 is 0 Å². The van der Waals surface area contributed by atoms with E-state index in [1.54, 1.807) is 24.4 Å². The predicted octanol–water partition coefficient (Wildman–Crippen LogP) is 3.17. The van der Waals surface area contributed by atoms with Gasteiger partial charge in [-0.25, -0.2) is 0 Å². The van der Waals surface area contributed by atoms with E-state index in [1.165, 1.54) is 0 Å². The van der Waals surface area contributed by atoms with E-state index in [4.69, 9.17) is 8.85 Å². The van der Waals surface area contributed by atoms with Crippen molar-refractivity contribution in [2.24, 2.45) is 11.8 Å². The Balaban J connectivity index is 1.66. The molecule has 2 aromatic rings. The zero-order valence-corrected chi connectivity index (χ0v) is 13.6. The Morgan fingerprint density at radius 2 is 2.42 bits per heavy atom. The van der Waals surface area contributed by atoms with Crippen LogP contribution in [-0.4, -0.2) is 41.2 Å². The number of piperidine rings is 3. The van der Waals surface area contributed by atoms with Crippen molar-refractivity contribution in [3.05, 3.63) is 48.7 Å². The van der Waals surface area contributed by atoms with Crippen LogP contribution in [0.4, 0.5) is 0 Å². The standard InChI is InChI=1S/C20H24N2O2/c1-3-13-12-22-9-7-14(13)10-19(22)20(23)16-6-8-21-18-5-4-15(24-2)11-17(16)18/h3-6,8,11,13-14,19-20,23H,1,7,9-10,12H2,2H3/i2D3. The number of aromatic nitrogens is 1. The van der Waals surface area contributed by atoms with Gasteiger partial charge in [0.15, 0.2) is 0 Å². The molecule has 2 bridgehead atoms. The first-order valence-corrected chi connectivity index (χ1v) is 8.48. The van der Waals surface area contributed by atoms with E-state index in [9.17, 15) is 5.11 Å². The molecule has 3 aliphatic heterocycles. The van der Waals surface area contributed by atoms with Crippen LogP contribution in [0.2, 0.25) is 0 Å². The van der Waals surface area contributed by atoms with Crippen molar-refractivity contribution in [2.45, 2.75) is 25.0 Å². The first kappa shape index (κ1) is 12.5. The van der Waals surface area contributed by atoms with Crippen LogP contribution < -0.4 is 4.74 Å². The first-order valence-electron chi connectivity index (χ1n) is 9.98. The van der Waals surface area contributed by atoms with Crippen LogP contribution in [0.5, 0.6) is 5.75 Å². The second kappa shape index (κ2) is 6.19. The minimum atomic E-state index is -2.51. The lowest BCUT2D eigenvalue weighted by Crippen LogP contribution is -2.54. The van der Waals surface area contributed by atoms with E-state index in [1.807, 2.05) is 12.1 Å². The molecule has 24 heavy (non-hydrogen) atoms. The fourth-order valence-corrected chi connectivity index (χ4v) is 4.38. The van der Waals surface area contributed by atoms with Crippen molar-refractivity contribution in [3.8, 4) is 5.75 Å². The smallest absolute Gasteiger partial charge is 0.119 e. The molecule has 0 amide bonds. The molecule has 3 saturated heterocycles. The van der Waals surface area contributed by atoms with Gasteiger partial charge in [0.2, 0.25) is 0 Å². The van der Waals surface area contributed by atoms with Crippen molar-refractivity contribution in [1.82, 2.24) is 9.88 Å². The number of rotatable bonds is 4. The van der Waals surface area contributed by atoms with Crippen LogP contribution in [0.25, 0.3) is 10.9 Å². The number of ether oxygens (including phenoxy) is 1. The molecule has 5 atom stereocenters. The van der Waals surface area contributed by atoms with Gasteiger partial charge in [0.25, 0.3) is 0 Å². The lowest BCUT2D eigenvalue weighted by molar-refractivity contribution is -0.0444. The third-order valence-corrected chi connectivity index (χ3v) is 5.70. The molecule has 0 radical (unpaired) electrons. The SMILES string of the molecule is [2H]C([2H])([2H])Oc1ccc2nccc(C(O)C3CC4CCN3CC4C=C)c2c1. The Hall–Kier alpha value is -1.91. The van der Waals surface area contributed by atoms with E-state index in [0.29, 0.717) is 17.4 Å². The van der Waals surface area contributed by atoms with Gasteiger partial charge in [0.05, 0.1) is 22.8 Å². The second-order valence-electron chi connectivity index (χ2n) is 6.87. The van der Waals surface area contributed by atoms with Gasteiger partial charge in [-0.15, -0.1) is 6.58 Å². The summed E-state index contributed by atoms with van der Waals surface area (Å²) in [6.45, 7) is 5.88. The summed E-state index contributed by atoms with van der Waals surface area (Å²) in [6.07, 6.45) is 5.15. The van der Waals surface area contributed by atoms with Gasteiger partial charge in [-0.05, 0) is 61.1 Å². The summed E-state index contributed by atoms with van der Waals surface area (Å²) in [5.74, 6) is 1.31. The Kier molecular flexibility index (Phi) is 3.21. The Labute approximate surface area is 147 Å². The number of fused-ring (bicyclic) bond motifs is 4. The molecule has 4 nitrogen and oxygen atoms in total. The molecule has 126 valence electrons. The van der Waals surface area contributed by atoms with E-state index < -0.39 is 13.1 Å². The minimum absolute atomic E-state index is 0.0535. The van der Waals surface area contributed by atoms with Crippen molar-refractivity contribution in [3.63, 3.8) is 0 Å². The maximum atomic E-state index is 11.2. The fraction of sp³-hybridized carbons (Fsp3) is 0.450. The number of pyridine rings is 1. The molecule has 0 spiro atoms. The third-order valence-electron chi connectivity index (χ3n) is 5.70. The monoisotopic (exact) mass is 327 g/mol. The highest BCUT2D eigenvalue weighted by molar-refractivity contribution is 5.83. The average molecular weight is 327 g/mol. The number of aliphatic hydroxyl groups excluding tert-OH is 1. The molecule has 1 aromatic heterocycles. The number of aliphatic hydroxyl groups is 1. The highest BCUT2D eigenvalue weighted by Gasteiger charge is 2.42. The van der Waals surface area contributed by atoms with Gasteiger partial charge in [0.1, 0.15) is 5.75 Å². The van der Waals surface area contributed by atoms with Crippen molar-refractivity contribution >= 4 is 10.9 Å². The number of hydrogen-bond acceptors (Lipinski definition) is 4. The van der Waals surface area contributed by atoms with E-state index in [-0.39, 0.29) is 11.8 Å². The molecular formula is C20H24N2O2. The molecule has 3 fully saturated rings. The lowest BCUT2D eigenvalue weighted by atomic mass is 9.73. The predicted molar refractivity (Wildman–Crippen MR) is 95.0 cm³/mol. The van der Waals surface area contributed by atoms with Crippen LogP contribution in [-0.2, 0) is 0 Å². The second-order valence-corrected chi connectivity index (χ2v) is 6.87. The van der Waals surface area contributed by atoms with Crippen LogP contribution in [0.3, 0.4) is 0 Å². The van der Waals surface area contributed by atoms with Crippen molar-refractivity contribution in [1.29, 1.82) is 0 Å². The number of nitrogens with zero attached hydrogens (tertiary/aromatic N) is 2. The molecule has 4 heterocycles. The molecule has 5 unspecified atom stereocenters.